The predicted octanol–water partition coefficient (Wildman–Crippen LogP) is 1.38. The number of amides is 2. The monoisotopic (exact) mass is 360 g/mol. The topological polar surface area (TPSA) is 78.7 Å². The maximum atomic E-state index is 12.6. The molecule has 3 aliphatic rings. The molecule has 7 nitrogen and oxygen atoms in total. The fraction of sp³-hybridized carbons (Fsp3) is 0.737. The maximum absolute atomic E-state index is 12.6. The summed E-state index contributed by atoms with van der Waals surface area (Å²) in [5.41, 5.74) is 1.91. The highest BCUT2D eigenvalue weighted by Crippen LogP contribution is 2.42. The number of aromatic nitrogens is 1. The normalized spacial score (nSPS) is 25.5. The molecule has 0 radical (unpaired) electrons. The van der Waals surface area contributed by atoms with Crippen LogP contribution in [0.4, 0.5) is 0 Å². The summed E-state index contributed by atoms with van der Waals surface area (Å²) in [7, 11) is 0. The van der Waals surface area contributed by atoms with Gasteiger partial charge in [0.25, 0.3) is 0 Å². The van der Waals surface area contributed by atoms with Crippen LogP contribution in [-0.2, 0) is 16.1 Å². The molecule has 1 atom stereocenters. The van der Waals surface area contributed by atoms with E-state index in [1.807, 2.05) is 23.6 Å². The van der Waals surface area contributed by atoms with Gasteiger partial charge in [0.15, 0.2) is 0 Å². The third kappa shape index (κ3) is 3.13. The van der Waals surface area contributed by atoms with Gasteiger partial charge < -0.3 is 19.6 Å². The van der Waals surface area contributed by atoms with Crippen molar-refractivity contribution in [3.8, 4) is 0 Å². The molecule has 142 valence electrons. The van der Waals surface area contributed by atoms with Crippen molar-refractivity contribution in [3.63, 3.8) is 0 Å². The zero-order valence-electron chi connectivity index (χ0n) is 15.7. The Morgan fingerprint density at radius 3 is 2.73 bits per heavy atom. The third-order valence-corrected chi connectivity index (χ3v) is 6.43. The number of piperidine rings is 1. The molecule has 3 aliphatic heterocycles. The fourth-order valence-electron chi connectivity index (χ4n) is 4.70. The van der Waals surface area contributed by atoms with E-state index in [1.165, 1.54) is 0 Å². The van der Waals surface area contributed by atoms with Gasteiger partial charge in [-0.15, -0.1) is 0 Å². The van der Waals surface area contributed by atoms with Crippen molar-refractivity contribution in [1.82, 2.24) is 20.3 Å². The molecular weight excluding hydrogens is 332 g/mol. The molecule has 26 heavy (non-hydrogen) atoms. The molecule has 1 unspecified atom stereocenters. The first kappa shape index (κ1) is 17.5. The molecule has 0 saturated carbocycles. The molecule has 0 aromatic carbocycles. The van der Waals surface area contributed by atoms with Gasteiger partial charge in [-0.25, -0.2) is 0 Å². The summed E-state index contributed by atoms with van der Waals surface area (Å²) in [6.45, 7) is 7.65. The Hall–Kier alpha value is -1.89. The number of nitrogens with zero attached hydrogens (tertiary/aromatic N) is 3. The second-order valence-corrected chi connectivity index (χ2v) is 8.20. The average Bonchev–Trinajstić information content (AvgIpc) is 3.33. The Bertz CT molecular complexity index is 680. The Labute approximate surface area is 154 Å². The van der Waals surface area contributed by atoms with Crippen molar-refractivity contribution in [2.45, 2.75) is 58.5 Å². The lowest BCUT2D eigenvalue weighted by molar-refractivity contribution is -0.135. The molecule has 1 aromatic heterocycles. The van der Waals surface area contributed by atoms with E-state index in [9.17, 15) is 9.59 Å². The highest BCUT2D eigenvalue weighted by Gasteiger charge is 2.46. The predicted molar refractivity (Wildman–Crippen MR) is 95.3 cm³/mol. The van der Waals surface area contributed by atoms with Gasteiger partial charge in [0.2, 0.25) is 11.8 Å². The number of rotatable bonds is 3. The minimum Gasteiger partial charge on any atom is -0.361 e. The van der Waals surface area contributed by atoms with E-state index in [1.54, 1.807) is 0 Å². The van der Waals surface area contributed by atoms with Crippen molar-refractivity contribution in [2.75, 3.05) is 26.2 Å². The van der Waals surface area contributed by atoms with Crippen LogP contribution in [0.15, 0.2) is 4.52 Å². The molecule has 0 aliphatic carbocycles. The van der Waals surface area contributed by atoms with E-state index in [-0.39, 0.29) is 23.3 Å². The summed E-state index contributed by atoms with van der Waals surface area (Å²) in [4.78, 5) is 29.1. The number of likely N-dealkylation sites (tertiary alicyclic amines) is 2. The smallest absolute Gasteiger partial charge is 0.239 e. The van der Waals surface area contributed by atoms with Crippen LogP contribution in [-0.4, -0.2) is 59.0 Å². The van der Waals surface area contributed by atoms with Gasteiger partial charge >= 0.3 is 0 Å². The van der Waals surface area contributed by atoms with E-state index in [2.05, 4.69) is 10.5 Å². The van der Waals surface area contributed by atoms with Crippen molar-refractivity contribution in [2.24, 2.45) is 5.41 Å². The van der Waals surface area contributed by atoms with Crippen LogP contribution >= 0.6 is 0 Å². The summed E-state index contributed by atoms with van der Waals surface area (Å²) in [6.07, 6.45) is 4.45. The van der Waals surface area contributed by atoms with E-state index in [4.69, 9.17) is 4.52 Å². The molecule has 4 heterocycles. The van der Waals surface area contributed by atoms with Gasteiger partial charge in [-0.1, -0.05) is 5.16 Å². The van der Waals surface area contributed by atoms with Crippen LogP contribution < -0.4 is 5.32 Å². The molecule has 1 N–H and O–H groups in total. The van der Waals surface area contributed by atoms with Crippen LogP contribution in [0.2, 0.25) is 0 Å². The number of nitrogens with one attached hydrogen (secondary N) is 1. The number of hydrogen-bond acceptors (Lipinski definition) is 5. The van der Waals surface area contributed by atoms with Gasteiger partial charge in [0.1, 0.15) is 5.76 Å². The molecule has 2 amide bonds. The van der Waals surface area contributed by atoms with Crippen molar-refractivity contribution >= 4 is 11.8 Å². The van der Waals surface area contributed by atoms with Crippen molar-refractivity contribution < 1.29 is 14.1 Å². The molecule has 0 bridgehead atoms. The SMILES string of the molecule is Cc1noc(C)c1CN1CC2(CCN(C(=O)C3CCCN3)CC2)CC1=O. The van der Waals surface area contributed by atoms with Gasteiger partial charge in [-0.3, -0.25) is 9.59 Å². The lowest BCUT2D eigenvalue weighted by Crippen LogP contribution is -2.49. The third-order valence-electron chi connectivity index (χ3n) is 6.43. The van der Waals surface area contributed by atoms with E-state index in [0.717, 1.165) is 68.9 Å². The summed E-state index contributed by atoms with van der Waals surface area (Å²) < 4.78 is 5.23. The van der Waals surface area contributed by atoms with E-state index < -0.39 is 0 Å². The van der Waals surface area contributed by atoms with Crippen LogP contribution in [0.25, 0.3) is 0 Å². The Morgan fingerprint density at radius 2 is 2.12 bits per heavy atom. The largest absolute Gasteiger partial charge is 0.361 e. The first-order valence-corrected chi connectivity index (χ1v) is 9.69. The molecule has 3 saturated heterocycles. The number of carbonyl (C=O) groups is 2. The van der Waals surface area contributed by atoms with Gasteiger partial charge in [0, 0.05) is 37.0 Å². The zero-order chi connectivity index (χ0) is 18.3. The molecule has 1 aromatic rings. The highest BCUT2D eigenvalue weighted by molar-refractivity contribution is 5.82. The average molecular weight is 360 g/mol. The van der Waals surface area contributed by atoms with Crippen molar-refractivity contribution in [3.05, 3.63) is 17.0 Å². The maximum Gasteiger partial charge on any atom is 0.239 e. The lowest BCUT2D eigenvalue weighted by Gasteiger charge is -2.39. The standard InChI is InChI=1S/C19H28N4O3/c1-13-15(14(2)26-21-13)11-23-12-19(10-17(23)24)5-8-22(9-6-19)18(25)16-4-3-7-20-16/h16,20H,3-12H2,1-2H3. The molecule has 7 heteroatoms. The minimum absolute atomic E-state index is 0.00491. The quantitative estimate of drug-likeness (QED) is 0.881. The Kier molecular flexibility index (Phi) is 4.50. The molecular formula is C19H28N4O3. The van der Waals surface area contributed by atoms with E-state index >= 15 is 0 Å². The summed E-state index contributed by atoms with van der Waals surface area (Å²) in [5, 5.41) is 7.29. The molecule has 1 spiro atoms. The summed E-state index contributed by atoms with van der Waals surface area (Å²) >= 11 is 0. The second kappa shape index (κ2) is 6.68. The van der Waals surface area contributed by atoms with Crippen LogP contribution in [0.3, 0.4) is 0 Å². The van der Waals surface area contributed by atoms with E-state index in [0.29, 0.717) is 13.0 Å². The van der Waals surface area contributed by atoms with Gasteiger partial charge in [-0.2, -0.15) is 0 Å². The van der Waals surface area contributed by atoms with Crippen molar-refractivity contribution in [1.29, 1.82) is 0 Å². The number of aryl methyl sites for hydroxylation is 2. The zero-order valence-corrected chi connectivity index (χ0v) is 15.7. The summed E-state index contributed by atoms with van der Waals surface area (Å²) in [6, 6.07) is 0.00491. The highest BCUT2D eigenvalue weighted by atomic mass is 16.5. The van der Waals surface area contributed by atoms with Crippen LogP contribution in [0.5, 0.6) is 0 Å². The Morgan fingerprint density at radius 1 is 1.35 bits per heavy atom. The van der Waals surface area contributed by atoms with Gasteiger partial charge in [0.05, 0.1) is 18.3 Å². The van der Waals surface area contributed by atoms with Crippen LogP contribution in [0, 0.1) is 19.3 Å². The fourth-order valence-corrected chi connectivity index (χ4v) is 4.70. The van der Waals surface area contributed by atoms with Gasteiger partial charge in [-0.05, 0) is 46.1 Å². The summed E-state index contributed by atoms with van der Waals surface area (Å²) in [5.74, 6) is 1.25. The first-order chi connectivity index (χ1) is 12.5. The minimum atomic E-state index is 0.00491. The second-order valence-electron chi connectivity index (χ2n) is 8.20. The Balaban J connectivity index is 1.37. The number of carbonyl (C=O) groups excluding carboxylic acids is 2. The first-order valence-electron chi connectivity index (χ1n) is 9.69. The molecule has 3 fully saturated rings. The number of hydrogen-bond donors (Lipinski definition) is 1. The lowest BCUT2D eigenvalue weighted by atomic mass is 9.77. The molecule has 4 rings (SSSR count). The van der Waals surface area contributed by atoms with Crippen LogP contribution in [0.1, 0.15) is 49.1 Å².